The number of amides is 1. The van der Waals surface area contributed by atoms with Crippen molar-refractivity contribution >= 4 is 22.7 Å². The van der Waals surface area contributed by atoms with E-state index in [2.05, 4.69) is 34.5 Å². The minimum atomic E-state index is -0.607. The van der Waals surface area contributed by atoms with Gasteiger partial charge in [-0.3, -0.25) is 9.69 Å². The molecule has 31 heavy (non-hydrogen) atoms. The molecule has 3 aliphatic heterocycles. The second-order valence-electron chi connectivity index (χ2n) is 8.64. The van der Waals surface area contributed by atoms with E-state index in [-0.39, 0.29) is 11.7 Å². The summed E-state index contributed by atoms with van der Waals surface area (Å²) >= 11 is 0. The molecule has 0 radical (unpaired) electrons. The van der Waals surface area contributed by atoms with Crippen LogP contribution in [-0.4, -0.2) is 42.7 Å². The topological polar surface area (TPSA) is 50.8 Å². The highest BCUT2D eigenvalue weighted by molar-refractivity contribution is 6.32. The number of morpholine rings is 1. The van der Waals surface area contributed by atoms with Crippen molar-refractivity contribution in [3.05, 3.63) is 76.8 Å². The molecular weight excluding hydrogens is 395 g/mol. The third-order valence-corrected chi connectivity index (χ3v) is 6.04. The predicted octanol–water partition coefficient (Wildman–Crippen LogP) is 4.21. The molecule has 5 rings (SSSR count). The molecule has 1 fully saturated rings. The zero-order valence-electron chi connectivity index (χ0n) is 17.7. The van der Waals surface area contributed by atoms with Crippen LogP contribution < -0.4 is 5.32 Å². The average Bonchev–Trinajstić information content (AvgIpc) is 3.23. The Morgan fingerprint density at radius 1 is 1.10 bits per heavy atom. The maximum Gasteiger partial charge on any atom is 0.260 e. The van der Waals surface area contributed by atoms with Gasteiger partial charge in [-0.05, 0) is 49.2 Å². The van der Waals surface area contributed by atoms with Crippen LogP contribution in [0.25, 0.3) is 11.1 Å². The molecule has 0 aliphatic carbocycles. The van der Waals surface area contributed by atoms with Crippen LogP contribution in [0.5, 0.6) is 0 Å². The van der Waals surface area contributed by atoms with Gasteiger partial charge in [-0.1, -0.05) is 24.3 Å². The number of carbonyl (C=O) groups excluding carboxylic acids is 1. The summed E-state index contributed by atoms with van der Waals surface area (Å²) in [6, 6.07) is 12.8. The molecule has 0 bridgehead atoms. The summed E-state index contributed by atoms with van der Waals surface area (Å²) in [5.41, 5.74) is 4.20. The lowest BCUT2D eigenvalue weighted by molar-refractivity contribution is -0.111. The Hall–Kier alpha value is -2.96. The van der Waals surface area contributed by atoms with Crippen molar-refractivity contribution in [2.45, 2.75) is 26.0 Å². The first-order chi connectivity index (χ1) is 14.9. The highest BCUT2D eigenvalue weighted by atomic mass is 19.1. The van der Waals surface area contributed by atoms with Crippen LogP contribution in [0.15, 0.2) is 54.3 Å². The first kappa shape index (κ1) is 20.0. The van der Waals surface area contributed by atoms with E-state index in [9.17, 15) is 9.18 Å². The van der Waals surface area contributed by atoms with Crippen molar-refractivity contribution in [1.29, 1.82) is 0 Å². The molecule has 160 valence electrons. The van der Waals surface area contributed by atoms with Gasteiger partial charge in [-0.25, -0.2) is 4.39 Å². The second kappa shape index (κ2) is 7.62. The summed E-state index contributed by atoms with van der Waals surface area (Å²) in [5.74, 6) is -0.185. The monoisotopic (exact) mass is 420 g/mol. The minimum Gasteiger partial charge on any atom is -0.482 e. The highest BCUT2D eigenvalue weighted by Gasteiger charge is 2.38. The van der Waals surface area contributed by atoms with Gasteiger partial charge in [0.25, 0.3) is 5.91 Å². The van der Waals surface area contributed by atoms with Crippen molar-refractivity contribution in [2.24, 2.45) is 0 Å². The molecule has 0 unspecified atom stereocenters. The van der Waals surface area contributed by atoms with Crippen LogP contribution in [0.2, 0.25) is 0 Å². The largest absolute Gasteiger partial charge is 0.482 e. The van der Waals surface area contributed by atoms with Crippen LogP contribution in [0.3, 0.4) is 0 Å². The molecule has 1 amide bonds. The molecule has 2 aromatic rings. The molecule has 0 saturated carbocycles. The number of hydrogen-bond donors (Lipinski definition) is 1. The predicted molar refractivity (Wildman–Crippen MR) is 118 cm³/mol. The second-order valence-corrected chi connectivity index (χ2v) is 8.64. The van der Waals surface area contributed by atoms with Crippen LogP contribution in [0.4, 0.5) is 10.1 Å². The molecule has 2 aromatic carbocycles. The summed E-state index contributed by atoms with van der Waals surface area (Å²) in [7, 11) is 0. The Balaban J connectivity index is 1.46. The van der Waals surface area contributed by atoms with E-state index in [1.807, 2.05) is 19.9 Å². The number of halogens is 1. The number of anilines is 1. The molecule has 3 aliphatic rings. The lowest BCUT2D eigenvalue weighted by Crippen LogP contribution is -2.35. The maximum atomic E-state index is 13.8. The molecule has 1 N–H and O–H groups in total. The average molecular weight is 420 g/mol. The third-order valence-electron chi connectivity index (χ3n) is 6.04. The Morgan fingerprint density at radius 3 is 2.58 bits per heavy atom. The number of fused-ring (bicyclic) bond motifs is 1. The summed E-state index contributed by atoms with van der Waals surface area (Å²) in [5, 5.41) is 2.79. The Labute approximate surface area is 181 Å². The molecule has 0 spiro atoms. The van der Waals surface area contributed by atoms with E-state index in [1.165, 1.54) is 17.7 Å². The Bertz CT molecular complexity index is 1100. The Kier molecular flexibility index (Phi) is 4.91. The minimum absolute atomic E-state index is 0.273. The first-order valence-electron chi connectivity index (χ1n) is 10.6. The van der Waals surface area contributed by atoms with Crippen molar-refractivity contribution in [2.75, 3.05) is 31.6 Å². The third kappa shape index (κ3) is 3.77. The Morgan fingerprint density at radius 2 is 1.84 bits per heavy atom. The zero-order valence-corrected chi connectivity index (χ0v) is 17.7. The SMILES string of the molecule is CC1(C)O/C(=C2/C(=O)Nc3ccc(F)cc32)C=C1c1ccc(CN2CCOCC2)cc1. The number of benzene rings is 2. The summed E-state index contributed by atoms with van der Waals surface area (Å²) in [6.45, 7) is 8.34. The summed E-state index contributed by atoms with van der Waals surface area (Å²) in [4.78, 5) is 15.0. The molecule has 0 atom stereocenters. The van der Waals surface area contributed by atoms with Crippen molar-refractivity contribution in [3.63, 3.8) is 0 Å². The van der Waals surface area contributed by atoms with Crippen LogP contribution >= 0.6 is 0 Å². The lowest BCUT2D eigenvalue weighted by Gasteiger charge is -2.27. The van der Waals surface area contributed by atoms with E-state index in [4.69, 9.17) is 9.47 Å². The van der Waals surface area contributed by atoms with E-state index in [0.29, 0.717) is 22.6 Å². The van der Waals surface area contributed by atoms with E-state index >= 15 is 0 Å². The van der Waals surface area contributed by atoms with Gasteiger partial charge in [-0.2, -0.15) is 0 Å². The first-order valence-corrected chi connectivity index (χ1v) is 10.6. The fourth-order valence-corrected chi connectivity index (χ4v) is 4.41. The number of rotatable bonds is 3. The number of ether oxygens (including phenoxy) is 2. The van der Waals surface area contributed by atoms with Crippen molar-refractivity contribution < 1.29 is 18.7 Å². The van der Waals surface area contributed by atoms with Crippen LogP contribution in [-0.2, 0) is 20.8 Å². The van der Waals surface area contributed by atoms with Gasteiger partial charge in [0.05, 0.1) is 18.8 Å². The molecule has 3 heterocycles. The fourth-order valence-electron chi connectivity index (χ4n) is 4.41. The molecular formula is C25H25FN2O3. The smallest absolute Gasteiger partial charge is 0.260 e. The van der Waals surface area contributed by atoms with Gasteiger partial charge < -0.3 is 14.8 Å². The summed E-state index contributed by atoms with van der Waals surface area (Å²) in [6.07, 6.45) is 1.91. The molecule has 1 saturated heterocycles. The standard InChI is InChI=1S/C25H25FN2O3/c1-25(2)20(17-5-3-16(4-6-17)15-28-9-11-30-12-10-28)14-22(31-25)23-19-13-18(26)7-8-21(19)27-24(23)29/h3-8,13-14H,9-12,15H2,1-2H3,(H,27,29)/b23-22+. The van der Waals surface area contributed by atoms with Crippen LogP contribution in [0, 0.1) is 5.82 Å². The van der Waals surface area contributed by atoms with E-state index < -0.39 is 5.60 Å². The van der Waals surface area contributed by atoms with Gasteiger partial charge in [0.1, 0.15) is 17.2 Å². The number of nitrogens with zero attached hydrogens (tertiary/aromatic N) is 1. The van der Waals surface area contributed by atoms with E-state index in [0.717, 1.165) is 44.0 Å². The van der Waals surface area contributed by atoms with Gasteiger partial charge in [-0.15, -0.1) is 0 Å². The zero-order chi connectivity index (χ0) is 21.6. The van der Waals surface area contributed by atoms with Gasteiger partial charge in [0.15, 0.2) is 0 Å². The van der Waals surface area contributed by atoms with Gasteiger partial charge in [0, 0.05) is 36.5 Å². The number of hydrogen-bond acceptors (Lipinski definition) is 4. The van der Waals surface area contributed by atoms with Crippen molar-refractivity contribution in [1.82, 2.24) is 4.90 Å². The normalized spacial score (nSPS) is 22.7. The number of nitrogens with one attached hydrogen (secondary N) is 1. The van der Waals surface area contributed by atoms with Crippen LogP contribution in [0.1, 0.15) is 30.5 Å². The lowest BCUT2D eigenvalue weighted by atomic mass is 9.91. The van der Waals surface area contributed by atoms with Gasteiger partial charge >= 0.3 is 0 Å². The number of carbonyl (C=O) groups is 1. The summed E-state index contributed by atoms with van der Waals surface area (Å²) < 4.78 is 25.4. The van der Waals surface area contributed by atoms with Crippen molar-refractivity contribution in [3.8, 4) is 0 Å². The fraction of sp³-hybridized carbons (Fsp3) is 0.320. The van der Waals surface area contributed by atoms with Gasteiger partial charge in [0.2, 0.25) is 0 Å². The molecule has 6 heteroatoms. The van der Waals surface area contributed by atoms with E-state index in [1.54, 1.807) is 6.07 Å². The maximum absolute atomic E-state index is 13.8. The highest BCUT2D eigenvalue weighted by Crippen LogP contribution is 2.44. The number of allylic oxidation sites excluding steroid dienone is 1. The molecule has 0 aromatic heterocycles. The molecule has 5 nitrogen and oxygen atoms in total. The quantitative estimate of drug-likeness (QED) is 0.756.